The summed E-state index contributed by atoms with van der Waals surface area (Å²) >= 11 is 0. The topological polar surface area (TPSA) is 55.0 Å². The largest absolute Gasteiger partial charge is 0.493 e. The maximum atomic E-state index is 12.1. The molecule has 0 saturated carbocycles. The van der Waals surface area contributed by atoms with Crippen LogP contribution in [0.2, 0.25) is 0 Å². The number of aromatic nitrogens is 2. The average Bonchev–Trinajstić information content (AvgIpc) is 2.54. The first kappa shape index (κ1) is 12.1. The van der Waals surface area contributed by atoms with Crippen LogP contribution in [0, 0.1) is 0 Å². The predicted octanol–water partition coefficient (Wildman–Crippen LogP) is 2.92. The molecule has 2 heterocycles. The van der Waals surface area contributed by atoms with E-state index >= 15 is 0 Å². The van der Waals surface area contributed by atoms with Gasteiger partial charge in [0.2, 0.25) is 0 Å². The van der Waals surface area contributed by atoms with Crippen LogP contribution in [0.3, 0.4) is 0 Å². The molecular formula is C17H14N2O2. The highest BCUT2D eigenvalue weighted by Crippen LogP contribution is 2.28. The number of nitrogens with one attached hydrogen (secondary N) is 1. The van der Waals surface area contributed by atoms with E-state index in [0.29, 0.717) is 16.7 Å². The molecule has 0 fully saturated rings. The minimum Gasteiger partial charge on any atom is -0.493 e. The summed E-state index contributed by atoms with van der Waals surface area (Å²) in [5.74, 6) is 1.54. The lowest BCUT2D eigenvalue weighted by molar-refractivity contribution is 0.288. The fourth-order valence-corrected chi connectivity index (χ4v) is 2.73. The van der Waals surface area contributed by atoms with Crippen molar-refractivity contribution in [3.8, 4) is 17.1 Å². The van der Waals surface area contributed by atoms with Gasteiger partial charge in [-0.15, -0.1) is 0 Å². The first-order valence-corrected chi connectivity index (χ1v) is 7.06. The maximum absolute atomic E-state index is 12.1. The third-order valence-electron chi connectivity index (χ3n) is 3.79. The number of para-hydroxylation sites is 1. The lowest BCUT2D eigenvalue weighted by Gasteiger charge is -2.17. The number of nitrogens with zero attached hydrogens (tertiary/aromatic N) is 1. The van der Waals surface area contributed by atoms with Gasteiger partial charge < -0.3 is 9.72 Å². The number of ether oxygens (including phenoxy) is 1. The zero-order chi connectivity index (χ0) is 14.2. The highest BCUT2D eigenvalue weighted by molar-refractivity contribution is 5.79. The van der Waals surface area contributed by atoms with Crippen LogP contribution in [0.15, 0.2) is 47.3 Å². The van der Waals surface area contributed by atoms with Crippen molar-refractivity contribution in [2.75, 3.05) is 6.61 Å². The van der Waals surface area contributed by atoms with E-state index in [9.17, 15) is 4.79 Å². The molecule has 0 spiro atoms. The number of hydrogen-bond acceptors (Lipinski definition) is 3. The quantitative estimate of drug-likeness (QED) is 0.744. The van der Waals surface area contributed by atoms with Crippen molar-refractivity contribution in [2.24, 2.45) is 0 Å². The Morgan fingerprint density at radius 1 is 1.14 bits per heavy atom. The average molecular weight is 278 g/mol. The van der Waals surface area contributed by atoms with Crippen molar-refractivity contribution < 1.29 is 4.74 Å². The lowest BCUT2D eigenvalue weighted by Crippen LogP contribution is -2.11. The fourth-order valence-electron chi connectivity index (χ4n) is 2.73. The second-order valence-corrected chi connectivity index (χ2v) is 5.21. The Kier molecular flexibility index (Phi) is 2.74. The molecule has 1 aliphatic rings. The Balaban J connectivity index is 1.88. The van der Waals surface area contributed by atoms with E-state index in [-0.39, 0.29) is 5.56 Å². The summed E-state index contributed by atoms with van der Waals surface area (Å²) in [6.45, 7) is 0.775. The molecule has 1 aliphatic heterocycles. The normalized spacial score (nSPS) is 13.7. The summed E-state index contributed by atoms with van der Waals surface area (Å²) in [6, 6.07) is 13.3. The van der Waals surface area contributed by atoms with Crippen LogP contribution in [0.1, 0.15) is 12.0 Å². The van der Waals surface area contributed by atoms with Gasteiger partial charge in [0, 0.05) is 5.56 Å². The molecule has 0 unspecified atom stereocenters. The van der Waals surface area contributed by atoms with Crippen LogP contribution < -0.4 is 10.3 Å². The number of aryl methyl sites for hydroxylation is 1. The van der Waals surface area contributed by atoms with Gasteiger partial charge >= 0.3 is 0 Å². The van der Waals surface area contributed by atoms with Gasteiger partial charge in [-0.2, -0.15) is 0 Å². The van der Waals surface area contributed by atoms with Crippen LogP contribution in [0.5, 0.6) is 5.75 Å². The highest BCUT2D eigenvalue weighted by atomic mass is 16.5. The van der Waals surface area contributed by atoms with Crippen LogP contribution >= 0.6 is 0 Å². The molecular weight excluding hydrogens is 264 g/mol. The summed E-state index contributed by atoms with van der Waals surface area (Å²) in [5, 5.41) is 0.613. The van der Waals surface area contributed by atoms with Crippen molar-refractivity contribution in [3.05, 3.63) is 58.4 Å². The van der Waals surface area contributed by atoms with Gasteiger partial charge in [0.15, 0.2) is 0 Å². The van der Waals surface area contributed by atoms with Gasteiger partial charge in [-0.05, 0) is 48.7 Å². The van der Waals surface area contributed by atoms with E-state index < -0.39 is 0 Å². The minimum atomic E-state index is -0.107. The number of rotatable bonds is 1. The van der Waals surface area contributed by atoms with Crippen LogP contribution in [0.4, 0.5) is 0 Å². The van der Waals surface area contributed by atoms with E-state index in [1.54, 1.807) is 6.07 Å². The highest BCUT2D eigenvalue weighted by Gasteiger charge is 2.12. The molecule has 0 radical (unpaired) electrons. The Bertz CT molecular complexity index is 883. The Morgan fingerprint density at radius 3 is 3.00 bits per heavy atom. The molecule has 4 rings (SSSR count). The summed E-state index contributed by atoms with van der Waals surface area (Å²) in [6.07, 6.45) is 2.03. The molecule has 3 aromatic rings. The molecule has 104 valence electrons. The van der Waals surface area contributed by atoms with Gasteiger partial charge in [0.25, 0.3) is 5.56 Å². The molecule has 4 heteroatoms. The van der Waals surface area contributed by atoms with Gasteiger partial charge in [0.05, 0.1) is 17.5 Å². The standard InChI is InChI=1S/C17H14N2O2/c20-17-13-5-1-2-6-14(13)18-16(19-17)12-7-8-15-11(10-12)4-3-9-21-15/h1-2,5-8,10H,3-4,9H2,(H,18,19,20). The van der Waals surface area contributed by atoms with Gasteiger partial charge in [-0.3, -0.25) is 4.79 Å². The number of hydrogen-bond donors (Lipinski definition) is 1. The summed E-state index contributed by atoms with van der Waals surface area (Å²) < 4.78 is 5.62. The molecule has 1 aromatic heterocycles. The first-order valence-electron chi connectivity index (χ1n) is 7.06. The SMILES string of the molecule is O=c1[nH]c(-c2ccc3c(c2)CCCO3)nc2ccccc12. The molecule has 1 N–H and O–H groups in total. The molecule has 0 amide bonds. The van der Waals surface area contributed by atoms with Crippen molar-refractivity contribution in [1.82, 2.24) is 9.97 Å². The third kappa shape index (κ3) is 2.09. The third-order valence-corrected chi connectivity index (χ3v) is 3.79. The molecule has 21 heavy (non-hydrogen) atoms. The first-order chi connectivity index (χ1) is 10.3. The smallest absolute Gasteiger partial charge is 0.259 e. The van der Waals surface area contributed by atoms with Crippen molar-refractivity contribution in [1.29, 1.82) is 0 Å². The fraction of sp³-hybridized carbons (Fsp3) is 0.176. The zero-order valence-electron chi connectivity index (χ0n) is 11.4. The monoisotopic (exact) mass is 278 g/mol. The molecule has 2 aromatic carbocycles. The molecule has 0 aliphatic carbocycles. The van der Waals surface area contributed by atoms with E-state index in [4.69, 9.17) is 4.74 Å². The van der Waals surface area contributed by atoms with E-state index in [1.165, 1.54) is 5.56 Å². The van der Waals surface area contributed by atoms with Crippen LogP contribution in [-0.2, 0) is 6.42 Å². The van der Waals surface area contributed by atoms with Crippen LogP contribution in [0.25, 0.3) is 22.3 Å². The minimum absolute atomic E-state index is 0.107. The second-order valence-electron chi connectivity index (χ2n) is 5.21. The second kappa shape index (κ2) is 4.74. The molecule has 4 nitrogen and oxygen atoms in total. The lowest BCUT2D eigenvalue weighted by atomic mass is 10.0. The number of aromatic amines is 1. The summed E-state index contributed by atoms with van der Waals surface area (Å²) in [4.78, 5) is 19.6. The van der Waals surface area contributed by atoms with E-state index in [2.05, 4.69) is 16.0 Å². The molecule has 0 atom stereocenters. The van der Waals surface area contributed by atoms with E-state index in [0.717, 1.165) is 30.8 Å². The van der Waals surface area contributed by atoms with Crippen LogP contribution in [-0.4, -0.2) is 16.6 Å². The number of H-pyrrole nitrogens is 1. The Hall–Kier alpha value is -2.62. The number of benzene rings is 2. The maximum Gasteiger partial charge on any atom is 0.259 e. The summed E-state index contributed by atoms with van der Waals surface area (Å²) in [5.41, 5.74) is 2.70. The number of fused-ring (bicyclic) bond motifs is 2. The summed E-state index contributed by atoms with van der Waals surface area (Å²) in [7, 11) is 0. The van der Waals surface area contributed by atoms with Gasteiger partial charge in [0.1, 0.15) is 11.6 Å². The van der Waals surface area contributed by atoms with Crippen molar-refractivity contribution in [2.45, 2.75) is 12.8 Å². The Labute approximate surface area is 121 Å². The van der Waals surface area contributed by atoms with E-state index in [1.807, 2.05) is 30.3 Å². The molecule has 0 saturated heterocycles. The molecule has 0 bridgehead atoms. The van der Waals surface area contributed by atoms with Crippen molar-refractivity contribution >= 4 is 10.9 Å². The zero-order valence-corrected chi connectivity index (χ0v) is 11.4. The predicted molar refractivity (Wildman–Crippen MR) is 81.6 cm³/mol. The Morgan fingerprint density at radius 2 is 2.05 bits per heavy atom. The van der Waals surface area contributed by atoms with Gasteiger partial charge in [-0.25, -0.2) is 4.98 Å². The van der Waals surface area contributed by atoms with Crippen molar-refractivity contribution in [3.63, 3.8) is 0 Å². The van der Waals surface area contributed by atoms with Gasteiger partial charge in [-0.1, -0.05) is 12.1 Å².